The van der Waals surface area contributed by atoms with Gasteiger partial charge in [-0.2, -0.15) is 0 Å². The second-order valence-electron chi connectivity index (χ2n) is 5.52. The largest absolute Gasteiger partial charge is 0.451 e. The fourth-order valence-electron chi connectivity index (χ4n) is 2.23. The molecule has 0 radical (unpaired) electrons. The molecular weight excluding hydrogens is 302 g/mol. The van der Waals surface area contributed by atoms with Crippen molar-refractivity contribution in [1.82, 2.24) is 0 Å². The highest BCUT2D eigenvalue weighted by molar-refractivity contribution is 5.77. The molecule has 1 aromatic heterocycles. The average molecular weight is 316 g/mol. The van der Waals surface area contributed by atoms with Gasteiger partial charge in [0, 0.05) is 17.5 Å². The van der Waals surface area contributed by atoms with Crippen LogP contribution in [0.3, 0.4) is 0 Å². The number of benzene rings is 2. The first-order valence-corrected chi connectivity index (χ1v) is 7.15. The van der Waals surface area contributed by atoms with E-state index in [1.807, 2.05) is 13.8 Å². The second kappa shape index (κ2) is 5.83. The number of hydrogen-bond acceptors (Lipinski definition) is 3. The molecule has 0 atom stereocenters. The third-order valence-corrected chi connectivity index (χ3v) is 3.50. The third kappa shape index (κ3) is 3.08. The first-order valence-electron chi connectivity index (χ1n) is 7.15. The summed E-state index contributed by atoms with van der Waals surface area (Å²) >= 11 is 0. The Morgan fingerprint density at radius 3 is 2.30 bits per heavy atom. The van der Waals surface area contributed by atoms with Gasteiger partial charge in [-0.15, -0.1) is 0 Å². The third-order valence-electron chi connectivity index (χ3n) is 3.50. The van der Waals surface area contributed by atoms with E-state index in [0.717, 1.165) is 0 Å². The molecule has 0 saturated carbocycles. The van der Waals surface area contributed by atoms with Crippen LogP contribution in [-0.2, 0) is 0 Å². The van der Waals surface area contributed by atoms with Crippen molar-refractivity contribution in [3.05, 3.63) is 70.1 Å². The zero-order valence-electron chi connectivity index (χ0n) is 12.6. The number of rotatable bonds is 3. The molecule has 1 heterocycles. The van der Waals surface area contributed by atoms with Crippen LogP contribution in [0.5, 0.6) is 11.5 Å². The summed E-state index contributed by atoms with van der Waals surface area (Å²) in [6, 6.07) is 10.0. The maximum atomic E-state index is 14.1. The minimum atomic E-state index is -0.775. The zero-order chi connectivity index (χ0) is 16.6. The van der Waals surface area contributed by atoms with Gasteiger partial charge in [0.15, 0.2) is 17.4 Å². The molecule has 0 amide bonds. The molecule has 3 aromatic rings. The molecule has 2 aromatic carbocycles. The number of fused-ring (bicyclic) bond motifs is 1. The highest BCUT2D eigenvalue weighted by Crippen LogP contribution is 2.31. The van der Waals surface area contributed by atoms with E-state index in [1.165, 1.54) is 24.3 Å². The highest BCUT2D eigenvalue weighted by atomic mass is 19.1. The zero-order valence-corrected chi connectivity index (χ0v) is 12.6. The van der Waals surface area contributed by atoms with Gasteiger partial charge in [-0.25, -0.2) is 13.6 Å². The summed E-state index contributed by atoms with van der Waals surface area (Å²) in [6.45, 7) is 3.69. The molecule has 0 N–H and O–H groups in total. The lowest BCUT2D eigenvalue weighted by molar-refractivity contribution is 0.405. The summed E-state index contributed by atoms with van der Waals surface area (Å²) in [4.78, 5) is 11.2. The molecule has 0 aliphatic carbocycles. The van der Waals surface area contributed by atoms with E-state index in [1.54, 1.807) is 18.2 Å². The Bertz CT molecular complexity index is 906. The fraction of sp³-hybridized carbons (Fsp3) is 0.167. The summed E-state index contributed by atoms with van der Waals surface area (Å²) in [7, 11) is 0. The van der Waals surface area contributed by atoms with Crippen molar-refractivity contribution in [3.8, 4) is 11.5 Å². The van der Waals surface area contributed by atoms with Crippen molar-refractivity contribution in [2.45, 2.75) is 19.8 Å². The second-order valence-corrected chi connectivity index (χ2v) is 5.52. The molecule has 23 heavy (non-hydrogen) atoms. The molecule has 0 fully saturated rings. The Morgan fingerprint density at radius 1 is 1.00 bits per heavy atom. The van der Waals surface area contributed by atoms with E-state index in [4.69, 9.17) is 9.15 Å². The molecule has 3 nitrogen and oxygen atoms in total. The van der Waals surface area contributed by atoms with Crippen molar-refractivity contribution in [2.24, 2.45) is 0 Å². The summed E-state index contributed by atoms with van der Waals surface area (Å²) in [5.74, 6) is -1.84. The van der Waals surface area contributed by atoms with Gasteiger partial charge in [0.25, 0.3) is 0 Å². The first kappa shape index (κ1) is 15.2. The predicted octanol–water partition coefficient (Wildman–Crippen LogP) is 4.99. The lowest BCUT2D eigenvalue weighted by Crippen LogP contribution is -1.98. The van der Waals surface area contributed by atoms with Crippen LogP contribution in [0.2, 0.25) is 0 Å². The standard InChI is InChI=1S/C18H14F2O3/c1-10(2)12-7-14(19)18(15(20)8-12)22-13-5-3-11-4-6-17(21)23-16(11)9-13/h3-10H,1-2H3. The maximum Gasteiger partial charge on any atom is 0.336 e. The van der Waals surface area contributed by atoms with Crippen LogP contribution in [0.4, 0.5) is 8.78 Å². The van der Waals surface area contributed by atoms with Crippen LogP contribution < -0.4 is 10.4 Å². The molecule has 0 aliphatic heterocycles. The predicted molar refractivity (Wildman–Crippen MR) is 83.0 cm³/mol. The minimum Gasteiger partial charge on any atom is -0.451 e. The van der Waals surface area contributed by atoms with E-state index in [0.29, 0.717) is 10.9 Å². The smallest absolute Gasteiger partial charge is 0.336 e. The molecule has 0 bridgehead atoms. The van der Waals surface area contributed by atoms with Crippen molar-refractivity contribution < 1.29 is 17.9 Å². The van der Waals surface area contributed by atoms with E-state index < -0.39 is 23.0 Å². The van der Waals surface area contributed by atoms with Gasteiger partial charge in [-0.1, -0.05) is 13.8 Å². The van der Waals surface area contributed by atoms with Crippen molar-refractivity contribution in [3.63, 3.8) is 0 Å². The maximum absolute atomic E-state index is 14.1. The SMILES string of the molecule is CC(C)c1cc(F)c(Oc2ccc3ccc(=O)oc3c2)c(F)c1. The minimum absolute atomic E-state index is 0.00277. The molecule has 118 valence electrons. The highest BCUT2D eigenvalue weighted by Gasteiger charge is 2.15. The Morgan fingerprint density at radius 2 is 1.65 bits per heavy atom. The lowest BCUT2D eigenvalue weighted by Gasteiger charge is -2.11. The van der Waals surface area contributed by atoms with Gasteiger partial charge in [-0.05, 0) is 41.8 Å². The number of halogens is 2. The number of hydrogen-bond donors (Lipinski definition) is 0. The first-order chi connectivity index (χ1) is 10.9. The van der Waals surface area contributed by atoms with Gasteiger partial charge in [0.1, 0.15) is 11.3 Å². The molecule has 0 spiro atoms. The Balaban J connectivity index is 2.00. The molecular formula is C18H14F2O3. The average Bonchev–Trinajstić information content (AvgIpc) is 2.50. The summed E-state index contributed by atoms with van der Waals surface area (Å²) in [5, 5.41) is 0.688. The van der Waals surface area contributed by atoms with Crippen molar-refractivity contribution >= 4 is 11.0 Å². The van der Waals surface area contributed by atoms with Crippen LogP contribution in [0.25, 0.3) is 11.0 Å². The molecule has 3 rings (SSSR count). The van der Waals surface area contributed by atoms with Crippen LogP contribution in [0.1, 0.15) is 25.3 Å². The van der Waals surface area contributed by atoms with Crippen molar-refractivity contribution in [2.75, 3.05) is 0 Å². The van der Waals surface area contributed by atoms with Crippen LogP contribution in [-0.4, -0.2) is 0 Å². The topological polar surface area (TPSA) is 39.4 Å². The molecule has 0 unspecified atom stereocenters. The molecule has 0 saturated heterocycles. The van der Waals surface area contributed by atoms with Crippen LogP contribution in [0, 0.1) is 11.6 Å². The normalized spacial score (nSPS) is 11.2. The quantitative estimate of drug-likeness (QED) is 0.639. The molecule has 5 heteroatoms. The Hall–Kier alpha value is -2.69. The van der Waals surface area contributed by atoms with E-state index in [9.17, 15) is 13.6 Å². The summed E-state index contributed by atoms with van der Waals surface area (Å²) < 4.78 is 38.5. The van der Waals surface area contributed by atoms with E-state index >= 15 is 0 Å². The summed E-state index contributed by atoms with van der Waals surface area (Å²) in [6.07, 6.45) is 0. The van der Waals surface area contributed by atoms with E-state index in [-0.39, 0.29) is 17.3 Å². The van der Waals surface area contributed by atoms with Gasteiger partial charge in [-0.3, -0.25) is 0 Å². The monoisotopic (exact) mass is 316 g/mol. The van der Waals surface area contributed by atoms with Gasteiger partial charge in [0.2, 0.25) is 0 Å². The fourth-order valence-corrected chi connectivity index (χ4v) is 2.23. The Labute approximate surface area is 131 Å². The van der Waals surface area contributed by atoms with Gasteiger partial charge in [0.05, 0.1) is 0 Å². The lowest BCUT2D eigenvalue weighted by atomic mass is 10.0. The van der Waals surface area contributed by atoms with Gasteiger partial charge < -0.3 is 9.15 Å². The molecule has 0 aliphatic rings. The van der Waals surface area contributed by atoms with Crippen molar-refractivity contribution in [1.29, 1.82) is 0 Å². The van der Waals surface area contributed by atoms with Crippen LogP contribution >= 0.6 is 0 Å². The Kier molecular flexibility index (Phi) is 3.86. The summed E-state index contributed by atoms with van der Waals surface area (Å²) in [5.41, 5.74) is 0.333. The van der Waals surface area contributed by atoms with Crippen LogP contribution in [0.15, 0.2) is 51.7 Å². The van der Waals surface area contributed by atoms with E-state index in [2.05, 4.69) is 0 Å². The van der Waals surface area contributed by atoms with Gasteiger partial charge >= 0.3 is 5.63 Å². The number of ether oxygens (including phenoxy) is 1.